The number of amides is 2. The Kier molecular flexibility index (Phi) is 5.32. The van der Waals surface area contributed by atoms with Crippen molar-refractivity contribution < 1.29 is 9.59 Å². The summed E-state index contributed by atoms with van der Waals surface area (Å²) in [5.74, 6) is 0.321. The van der Waals surface area contributed by atoms with Crippen molar-refractivity contribution in [1.29, 1.82) is 0 Å². The van der Waals surface area contributed by atoms with E-state index in [0.29, 0.717) is 49.7 Å². The number of hydrogen-bond acceptors (Lipinski definition) is 6. The van der Waals surface area contributed by atoms with Gasteiger partial charge in [-0.15, -0.1) is 0 Å². The average Bonchev–Trinajstić information content (AvgIpc) is 3.37. The van der Waals surface area contributed by atoms with Gasteiger partial charge in [0.25, 0.3) is 5.56 Å². The molecule has 10 nitrogen and oxygen atoms in total. The SMILES string of the molecule is Cn1ncc2c(=O)[nH]c(N3CCNC(=O)CCN(C(=O)C4=CCCC4)CC3)nc21. The van der Waals surface area contributed by atoms with E-state index in [1.165, 1.54) is 6.20 Å². The van der Waals surface area contributed by atoms with Crippen molar-refractivity contribution in [3.8, 4) is 0 Å². The smallest absolute Gasteiger partial charge is 0.263 e. The largest absolute Gasteiger partial charge is 0.354 e. The second kappa shape index (κ2) is 8.06. The van der Waals surface area contributed by atoms with Crippen LogP contribution in [0.1, 0.15) is 25.7 Å². The standard InChI is InChI=1S/C19H25N7O3/c1-24-16-14(12-21-24)17(28)23-19(22-16)26-9-7-20-15(27)6-8-25(10-11-26)18(29)13-4-2-3-5-13/h4,12H,2-3,5-11H2,1H3,(H,20,27)(H,22,23,28). The maximum absolute atomic E-state index is 12.9. The number of fused-ring (bicyclic) bond motifs is 1. The Bertz CT molecular complexity index is 1020. The molecule has 0 aromatic carbocycles. The van der Waals surface area contributed by atoms with Crippen molar-refractivity contribution in [2.24, 2.45) is 7.05 Å². The summed E-state index contributed by atoms with van der Waals surface area (Å²) in [5.41, 5.74) is 1.06. The van der Waals surface area contributed by atoms with Crippen molar-refractivity contribution >= 4 is 28.8 Å². The van der Waals surface area contributed by atoms with Gasteiger partial charge in [0.1, 0.15) is 5.39 Å². The first-order valence-electron chi connectivity index (χ1n) is 9.95. The number of allylic oxidation sites excluding steroid dienone is 1. The number of rotatable bonds is 2. The zero-order valence-corrected chi connectivity index (χ0v) is 16.5. The van der Waals surface area contributed by atoms with E-state index < -0.39 is 0 Å². The Morgan fingerprint density at radius 1 is 1.14 bits per heavy atom. The van der Waals surface area contributed by atoms with Crippen LogP contribution in [-0.2, 0) is 16.6 Å². The highest BCUT2D eigenvalue weighted by atomic mass is 16.2. The van der Waals surface area contributed by atoms with E-state index in [1.54, 1.807) is 16.6 Å². The number of carbonyl (C=O) groups is 2. The molecule has 3 heterocycles. The Balaban J connectivity index is 1.59. The van der Waals surface area contributed by atoms with E-state index in [1.807, 2.05) is 11.0 Å². The van der Waals surface area contributed by atoms with Gasteiger partial charge in [-0.1, -0.05) is 6.08 Å². The summed E-state index contributed by atoms with van der Waals surface area (Å²) < 4.78 is 1.56. The first kappa shape index (κ1) is 19.2. The van der Waals surface area contributed by atoms with E-state index in [4.69, 9.17) is 0 Å². The molecule has 0 bridgehead atoms. The van der Waals surface area contributed by atoms with Crippen LogP contribution >= 0.6 is 0 Å². The quantitative estimate of drug-likeness (QED) is 0.730. The summed E-state index contributed by atoms with van der Waals surface area (Å²) >= 11 is 0. The predicted octanol–water partition coefficient (Wildman–Crippen LogP) is -0.0782. The molecule has 10 heteroatoms. The molecule has 2 aromatic rings. The summed E-state index contributed by atoms with van der Waals surface area (Å²) in [6.07, 6.45) is 6.49. The minimum Gasteiger partial charge on any atom is -0.354 e. The number of carbonyl (C=O) groups excluding carboxylic acids is 2. The maximum atomic E-state index is 12.9. The zero-order chi connectivity index (χ0) is 20.4. The van der Waals surface area contributed by atoms with Gasteiger partial charge >= 0.3 is 0 Å². The number of aryl methyl sites for hydroxylation is 1. The van der Waals surface area contributed by atoms with Crippen LogP contribution in [0.5, 0.6) is 0 Å². The highest BCUT2D eigenvalue weighted by Crippen LogP contribution is 2.20. The van der Waals surface area contributed by atoms with Crippen LogP contribution in [0.25, 0.3) is 11.0 Å². The van der Waals surface area contributed by atoms with E-state index in [0.717, 1.165) is 24.8 Å². The van der Waals surface area contributed by atoms with Crippen LogP contribution in [0.4, 0.5) is 5.95 Å². The number of hydrogen-bond donors (Lipinski definition) is 2. The highest BCUT2D eigenvalue weighted by molar-refractivity contribution is 5.94. The third kappa shape index (κ3) is 4.01. The number of nitrogens with one attached hydrogen (secondary N) is 2. The molecule has 1 aliphatic heterocycles. The minimum absolute atomic E-state index is 0.000590. The minimum atomic E-state index is -0.261. The predicted molar refractivity (Wildman–Crippen MR) is 107 cm³/mol. The molecule has 0 atom stereocenters. The number of anilines is 1. The number of aromatic nitrogens is 4. The molecule has 0 unspecified atom stereocenters. The van der Waals surface area contributed by atoms with Crippen LogP contribution in [-0.4, -0.2) is 69.2 Å². The number of nitrogens with zero attached hydrogens (tertiary/aromatic N) is 5. The first-order valence-corrected chi connectivity index (χ1v) is 9.95. The van der Waals surface area contributed by atoms with Gasteiger partial charge in [-0.25, -0.2) is 0 Å². The molecule has 1 fully saturated rings. The molecule has 2 N–H and O–H groups in total. The fraction of sp³-hybridized carbons (Fsp3) is 0.526. The summed E-state index contributed by atoms with van der Waals surface area (Å²) in [6, 6.07) is 0. The molecule has 4 rings (SSSR count). The fourth-order valence-electron chi connectivity index (χ4n) is 3.77. The zero-order valence-electron chi connectivity index (χ0n) is 16.5. The van der Waals surface area contributed by atoms with Crippen molar-refractivity contribution in [3.05, 3.63) is 28.2 Å². The van der Waals surface area contributed by atoms with Crippen molar-refractivity contribution in [2.45, 2.75) is 25.7 Å². The Morgan fingerprint density at radius 2 is 2.00 bits per heavy atom. The first-order chi connectivity index (χ1) is 14.0. The molecular formula is C19H25N7O3. The summed E-state index contributed by atoms with van der Waals surface area (Å²) in [5, 5.41) is 7.39. The molecule has 2 aliphatic rings. The fourth-order valence-corrected chi connectivity index (χ4v) is 3.77. The number of aromatic amines is 1. The molecule has 2 amide bonds. The Labute approximate surface area is 167 Å². The number of H-pyrrole nitrogens is 1. The van der Waals surface area contributed by atoms with E-state index in [9.17, 15) is 14.4 Å². The van der Waals surface area contributed by atoms with Gasteiger partial charge in [0.05, 0.1) is 6.20 Å². The van der Waals surface area contributed by atoms with Gasteiger partial charge < -0.3 is 15.1 Å². The molecule has 1 aliphatic carbocycles. The van der Waals surface area contributed by atoms with E-state index in [-0.39, 0.29) is 23.8 Å². The lowest BCUT2D eigenvalue weighted by Gasteiger charge is -2.30. The molecular weight excluding hydrogens is 374 g/mol. The topological polar surface area (TPSA) is 116 Å². The van der Waals surface area contributed by atoms with Crippen LogP contribution in [0.15, 0.2) is 22.6 Å². The second-order valence-electron chi connectivity index (χ2n) is 7.40. The molecule has 0 spiro atoms. The van der Waals surface area contributed by atoms with Gasteiger partial charge in [-0.3, -0.25) is 24.0 Å². The summed E-state index contributed by atoms with van der Waals surface area (Å²) in [6.45, 7) is 2.24. The summed E-state index contributed by atoms with van der Waals surface area (Å²) in [7, 11) is 1.73. The van der Waals surface area contributed by atoms with Crippen LogP contribution in [0.3, 0.4) is 0 Å². The van der Waals surface area contributed by atoms with E-state index in [2.05, 4.69) is 20.4 Å². The third-order valence-electron chi connectivity index (χ3n) is 5.44. The molecule has 29 heavy (non-hydrogen) atoms. The van der Waals surface area contributed by atoms with E-state index >= 15 is 0 Å². The van der Waals surface area contributed by atoms with Crippen LogP contribution in [0.2, 0.25) is 0 Å². The third-order valence-corrected chi connectivity index (χ3v) is 5.44. The van der Waals surface area contributed by atoms with Gasteiger partial charge in [0.2, 0.25) is 17.8 Å². The maximum Gasteiger partial charge on any atom is 0.263 e. The molecule has 0 saturated carbocycles. The lowest BCUT2D eigenvalue weighted by Crippen LogP contribution is -2.46. The molecule has 2 aromatic heterocycles. The van der Waals surface area contributed by atoms with Gasteiger partial charge in [-0.05, 0) is 19.3 Å². The Hall–Kier alpha value is -3.17. The Morgan fingerprint density at radius 3 is 2.79 bits per heavy atom. The van der Waals surface area contributed by atoms with Gasteiger partial charge in [0, 0.05) is 51.8 Å². The van der Waals surface area contributed by atoms with Crippen molar-refractivity contribution in [1.82, 2.24) is 30.0 Å². The molecule has 0 radical (unpaired) electrons. The monoisotopic (exact) mass is 399 g/mol. The molecule has 1 saturated heterocycles. The second-order valence-corrected chi connectivity index (χ2v) is 7.40. The average molecular weight is 399 g/mol. The van der Waals surface area contributed by atoms with Crippen LogP contribution in [0, 0.1) is 0 Å². The van der Waals surface area contributed by atoms with Gasteiger partial charge in [0.15, 0.2) is 5.65 Å². The highest BCUT2D eigenvalue weighted by Gasteiger charge is 2.23. The summed E-state index contributed by atoms with van der Waals surface area (Å²) in [4.78, 5) is 48.4. The lowest BCUT2D eigenvalue weighted by atomic mass is 10.2. The normalized spacial score (nSPS) is 18.7. The lowest BCUT2D eigenvalue weighted by molar-refractivity contribution is -0.128. The molecule has 154 valence electrons. The van der Waals surface area contributed by atoms with Gasteiger partial charge in [-0.2, -0.15) is 10.1 Å². The van der Waals surface area contributed by atoms with Crippen molar-refractivity contribution in [2.75, 3.05) is 37.6 Å². The van der Waals surface area contributed by atoms with Crippen molar-refractivity contribution in [3.63, 3.8) is 0 Å². The van der Waals surface area contributed by atoms with Crippen LogP contribution < -0.4 is 15.8 Å².